The topological polar surface area (TPSA) is 112 Å². The smallest absolute Gasteiger partial charge is 0.338 e. The fourth-order valence-electron chi connectivity index (χ4n) is 3.16. The van der Waals surface area contributed by atoms with Gasteiger partial charge in [-0.25, -0.2) is 4.79 Å². The zero-order valence-corrected chi connectivity index (χ0v) is 20.3. The van der Waals surface area contributed by atoms with Crippen molar-refractivity contribution in [2.75, 3.05) is 32.8 Å². The number of rotatable bonds is 11. The van der Waals surface area contributed by atoms with Gasteiger partial charge in [0.2, 0.25) is 0 Å². The Morgan fingerprint density at radius 1 is 0.778 bits per heavy atom. The van der Waals surface area contributed by atoms with Gasteiger partial charge in [0.15, 0.2) is 24.7 Å². The summed E-state index contributed by atoms with van der Waals surface area (Å²) in [5.74, 6) is -0.494. The molecular weight excluding hydrogens is 464 g/mol. The molecule has 3 aromatic carbocycles. The van der Waals surface area contributed by atoms with E-state index in [1.54, 1.807) is 24.3 Å². The van der Waals surface area contributed by atoms with Gasteiger partial charge in [-0.1, -0.05) is 42.0 Å². The van der Waals surface area contributed by atoms with E-state index in [-0.39, 0.29) is 23.7 Å². The molecule has 2 amide bonds. The molecule has 0 radical (unpaired) electrons. The van der Waals surface area contributed by atoms with Crippen LogP contribution in [-0.4, -0.2) is 45.2 Å². The number of aryl methyl sites for hydroxylation is 1. The molecule has 188 valence electrons. The molecule has 0 heterocycles. The molecular formula is C27H28N2O7. The highest BCUT2D eigenvalue weighted by molar-refractivity contribution is 5.94. The van der Waals surface area contributed by atoms with Gasteiger partial charge in [-0.3, -0.25) is 9.59 Å². The van der Waals surface area contributed by atoms with Crippen molar-refractivity contribution in [3.05, 3.63) is 83.4 Å². The summed E-state index contributed by atoms with van der Waals surface area (Å²) >= 11 is 0. The third kappa shape index (κ3) is 7.49. The maximum absolute atomic E-state index is 12.4. The van der Waals surface area contributed by atoms with Gasteiger partial charge in [-0.2, -0.15) is 0 Å². The van der Waals surface area contributed by atoms with Gasteiger partial charge >= 0.3 is 5.97 Å². The number of esters is 1. The molecule has 0 saturated carbocycles. The van der Waals surface area contributed by atoms with Crippen molar-refractivity contribution in [3.8, 4) is 17.2 Å². The van der Waals surface area contributed by atoms with E-state index in [2.05, 4.69) is 10.6 Å². The van der Waals surface area contributed by atoms with E-state index in [1.807, 2.05) is 31.2 Å². The van der Waals surface area contributed by atoms with Gasteiger partial charge in [0, 0.05) is 6.54 Å². The fourth-order valence-corrected chi connectivity index (χ4v) is 3.16. The maximum atomic E-state index is 12.4. The minimum absolute atomic E-state index is 0.170. The van der Waals surface area contributed by atoms with E-state index >= 15 is 0 Å². The molecule has 0 aliphatic heterocycles. The van der Waals surface area contributed by atoms with Crippen LogP contribution in [0.3, 0.4) is 0 Å². The zero-order chi connectivity index (χ0) is 25.9. The SMILES string of the molecule is COc1ccccc1NC(=O)COc1ccc(C(=O)OCC(=O)NCc2ccc(C)cc2)cc1OC. The molecule has 36 heavy (non-hydrogen) atoms. The first-order chi connectivity index (χ1) is 17.4. The van der Waals surface area contributed by atoms with Gasteiger partial charge < -0.3 is 29.6 Å². The van der Waals surface area contributed by atoms with Crippen molar-refractivity contribution in [2.45, 2.75) is 13.5 Å². The Hall–Kier alpha value is -4.53. The predicted octanol–water partition coefficient (Wildman–Crippen LogP) is 3.50. The molecule has 0 bridgehead atoms. The van der Waals surface area contributed by atoms with Gasteiger partial charge in [-0.05, 0) is 42.8 Å². The number of nitrogens with one attached hydrogen (secondary N) is 2. The summed E-state index contributed by atoms with van der Waals surface area (Å²) in [5, 5.41) is 5.41. The highest BCUT2D eigenvalue weighted by Crippen LogP contribution is 2.29. The van der Waals surface area contributed by atoms with Gasteiger partial charge in [0.05, 0.1) is 25.5 Å². The summed E-state index contributed by atoms with van der Waals surface area (Å²) in [6.07, 6.45) is 0. The number of hydrogen-bond acceptors (Lipinski definition) is 7. The van der Waals surface area contributed by atoms with Crippen LogP contribution in [0, 0.1) is 6.92 Å². The molecule has 0 saturated heterocycles. The van der Waals surface area contributed by atoms with Crippen molar-refractivity contribution in [2.24, 2.45) is 0 Å². The van der Waals surface area contributed by atoms with Gasteiger partial charge in [0.25, 0.3) is 11.8 Å². The minimum Gasteiger partial charge on any atom is -0.495 e. The summed E-state index contributed by atoms with van der Waals surface area (Å²) in [6.45, 7) is 1.60. The Labute approximate surface area is 209 Å². The van der Waals surface area contributed by atoms with Crippen LogP contribution >= 0.6 is 0 Å². The van der Waals surface area contributed by atoms with Crippen LogP contribution in [0.1, 0.15) is 21.5 Å². The first-order valence-electron chi connectivity index (χ1n) is 11.1. The lowest BCUT2D eigenvalue weighted by Gasteiger charge is -2.13. The van der Waals surface area contributed by atoms with Crippen LogP contribution in [0.25, 0.3) is 0 Å². The molecule has 3 rings (SSSR count). The number of hydrogen-bond donors (Lipinski definition) is 2. The number of amides is 2. The van der Waals surface area contributed by atoms with Crippen molar-refractivity contribution in [3.63, 3.8) is 0 Å². The largest absolute Gasteiger partial charge is 0.495 e. The molecule has 0 unspecified atom stereocenters. The number of carbonyl (C=O) groups is 3. The standard InChI is InChI=1S/C27H28N2O7/c1-18-8-10-19(11-9-18)15-28-25(30)16-36-27(32)20-12-13-23(24(14-20)34-3)35-17-26(31)29-21-6-4-5-7-22(21)33-2/h4-14H,15-17H2,1-3H3,(H,28,30)(H,29,31). The maximum Gasteiger partial charge on any atom is 0.338 e. The lowest BCUT2D eigenvalue weighted by molar-refractivity contribution is -0.124. The first-order valence-corrected chi connectivity index (χ1v) is 11.1. The van der Waals surface area contributed by atoms with Crippen LogP contribution in [0.2, 0.25) is 0 Å². The number of carbonyl (C=O) groups excluding carboxylic acids is 3. The van der Waals surface area contributed by atoms with Gasteiger partial charge in [-0.15, -0.1) is 0 Å². The summed E-state index contributed by atoms with van der Waals surface area (Å²) in [4.78, 5) is 36.7. The summed E-state index contributed by atoms with van der Waals surface area (Å²) in [6, 6.07) is 19.1. The summed E-state index contributed by atoms with van der Waals surface area (Å²) < 4.78 is 21.1. The Balaban J connectivity index is 1.50. The quantitative estimate of drug-likeness (QED) is 0.394. The molecule has 2 N–H and O–H groups in total. The Kier molecular flexibility index (Phi) is 9.27. The van der Waals surface area contributed by atoms with Crippen LogP contribution in [-0.2, 0) is 20.9 Å². The monoisotopic (exact) mass is 492 g/mol. The molecule has 0 fully saturated rings. The highest BCUT2D eigenvalue weighted by Gasteiger charge is 2.15. The van der Waals surface area contributed by atoms with E-state index in [0.29, 0.717) is 18.0 Å². The number of benzene rings is 3. The molecule has 0 aliphatic rings. The number of para-hydroxylation sites is 2. The molecule has 0 aliphatic carbocycles. The zero-order valence-electron chi connectivity index (χ0n) is 20.3. The number of anilines is 1. The third-order valence-electron chi connectivity index (χ3n) is 5.08. The van der Waals surface area contributed by atoms with Crippen LogP contribution in [0.4, 0.5) is 5.69 Å². The summed E-state index contributed by atoms with van der Waals surface area (Å²) in [7, 11) is 2.92. The number of ether oxygens (including phenoxy) is 4. The lowest BCUT2D eigenvalue weighted by Crippen LogP contribution is -2.28. The fraction of sp³-hybridized carbons (Fsp3) is 0.222. The Morgan fingerprint density at radius 2 is 1.50 bits per heavy atom. The lowest BCUT2D eigenvalue weighted by atomic mass is 10.1. The van der Waals surface area contributed by atoms with E-state index in [1.165, 1.54) is 32.4 Å². The van der Waals surface area contributed by atoms with E-state index in [4.69, 9.17) is 18.9 Å². The average molecular weight is 493 g/mol. The molecule has 0 spiro atoms. The minimum atomic E-state index is -0.695. The van der Waals surface area contributed by atoms with Crippen LogP contribution < -0.4 is 24.8 Å². The molecule has 9 heteroatoms. The second kappa shape index (κ2) is 12.8. The molecule has 3 aromatic rings. The second-order valence-corrected chi connectivity index (χ2v) is 7.74. The molecule has 0 atom stereocenters. The van der Waals surface area contributed by atoms with E-state index < -0.39 is 24.4 Å². The van der Waals surface area contributed by atoms with Crippen molar-refractivity contribution < 1.29 is 33.3 Å². The third-order valence-corrected chi connectivity index (χ3v) is 5.08. The Bertz CT molecular complexity index is 1210. The van der Waals surface area contributed by atoms with Crippen LogP contribution in [0.15, 0.2) is 66.7 Å². The van der Waals surface area contributed by atoms with E-state index in [9.17, 15) is 14.4 Å². The van der Waals surface area contributed by atoms with Gasteiger partial charge in [0.1, 0.15) is 5.75 Å². The number of methoxy groups -OCH3 is 2. The second-order valence-electron chi connectivity index (χ2n) is 7.74. The molecule has 0 aromatic heterocycles. The van der Waals surface area contributed by atoms with Crippen molar-refractivity contribution in [1.82, 2.24) is 5.32 Å². The van der Waals surface area contributed by atoms with Crippen molar-refractivity contribution >= 4 is 23.5 Å². The Morgan fingerprint density at radius 3 is 2.22 bits per heavy atom. The first kappa shape index (κ1) is 26.1. The van der Waals surface area contributed by atoms with Crippen LogP contribution in [0.5, 0.6) is 17.2 Å². The predicted molar refractivity (Wildman–Crippen MR) is 133 cm³/mol. The van der Waals surface area contributed by atoms with Crippen molar-refractivity contribution in [1.29, 1.82) is 0 Å². The molecule has 9 nitrogen and oxygen atoms in total. The average Bonchev–Trinajstić information content (AvgIpc) is 2.90. The summed E-state index contributed by atoms with van der Waals surface area (Å²) in [5.41, 5.74) is 2.75. The van der Waals surface area contributed by atoms with E-state index in [0.717, 1.165) is 11.1 Å². The normalized spacial score (nSPS) is 10.2. The highest BCUT2D eigenvalue weighted by atomic mass is 16.5.